The average Bonchev–Trinajstić information content (AvgIpc) is 3.35. The Morgan fingerprint density at radius 3 is 2.68 bits per heavy atom. The summed E-state index contributed by atoms with van der Waals surface area (Å²) in [5.41, 5.74) is 2.05. The van der Waals surface area contributed by atoms with Crippen molar-refractivity contribution in [2.24, 2.45) is 0 Å². The number of hydrogen-bond donors (Lipinski definition) is 2. The van der Waals surface area contributed by atoms with Crippen LogP contribution in [0.5, 0.6) is 5.75 Å². The Morgan fingerprint density at radius 1 is 1.18 bits per heavy atom. The standard InChI is InChI=1S/C21H24ClN3O2S/c1-3-25(4-2)11-12-27-18-8-6-5-7-17(18)24-21(26)16-14-23-13-15(16)19-9-10-20(22)28-19/h5-10,13-14,23H,3-4,11-12H2,1-2H3,(H,24,26). The number of likely N-dealkylation sites (N-methyl/N-ethyl adjacent to an activating group) is 1. The highest BCUT2D eigenvalue weighted by Crippen LogP contribution is 2.34. The summed E-state index contributed by atoms with van der Waals surface area (Å²) in [5.74, 6) is 0.472. The van der Waals surface area contributed by atoms with Crippen molar-refractivity contribution in [3.8, 4) is 16.2 Å². The van der Waals surface area contributed by atoms with Crippen LogP contribution in [0.1, 0.15) is 24.2 Å². The summed E-state index contributed by atoms with van der Waals surface area (Å²) in [6.07, 6.45) is 3.51. The number of nitrogens with one attached hydrogen (secondary N) is 2. The number of carbonyl (C=O) groups excluding carboxylic acids is 1. The smallest absolute Gasteiger partial charge is 0.257 e. The van der Waals surface area contributed by atoms with E-state index in [0.717, 1.165) is 30.1 Å². The first-order chi connectivity index (χ1) is 13.6. The number of amides is 1. The Labute approximate surface area is 174 Å². The normalized spacial score (nSPS) is 11.0. The molecule has 7 heteroatoms. The summed E-state index contributed by atoms with van der Waals surface area (Å²) in [6.45, 7) is 7.65. The lowest BCUT2D eigenvalue weighted by atomic mass is 10.1. The average molecular weight is 418 g/mol. The largest absolute Gasteiger partial charge is 0.490 e. The van der Waals surface area contributed by atoms with E-state index in [2.05, 4.69) is 29.0 Å². The number of benzene rings is 1. The summed E-state index contributed by atoms with van der Waals surface area (Å²) in [5, 5.41) is 2.97. The van der Waals surface area contributed by atoms with Crippen molar-refractivity contribution in [2.75, 3.05) is 31.6 Å². The third-order valence-electron chi connectivity index (χ3n) is 4.52. The number of hydrogen-bond acceptors (Lipinski definition) is 4. The van der Waals surface area contributed by atoms with Crippen LogP contribution in [0, 0.1) is 0 Å². The fourth-order valence-electron chi connectivity index (χ4n) is 2.92. The van der Waals surface area contributed by atoms with Gasteiger partial charge in [-0.3, -0.25) is 4.79 Å². The minimum Gasteiger partial charge on any atom is -0.490 e. The molecule has 0 radical (unpaired) electrons. The molecule has 0 unspecified atom stereocenters. The lowest BCUT2D eigenvalue weighted by Gasteiger charge is -2.19. The second-order valence-corrected chi connectivity index (χ2v) is 7.93. The molecule has 2 N–H and O–H groups in total. The van der Waals surface area contributed by atoms with Crippen LogP contribution in [-0.4, -0.2) is 42.0 Å². The summed E-state index contributed by atoms with van der Waals surface area (Å²) in [6, 6.07) is 11.2. The van der Waals surface area contributed by atoms with Crippen LogP contribution in [0.3, 0.4) is 0 Å². The van der Waals surface area contributed by atoms with E-state index in [4.69, 9.17) is 16.3 Å². The molecule has 0 spiro atoms. The van der Waals surface area contributed by atoms with Crippen LogP contribution < -0.4 is 10.1 Å². The number of thiophene rings is 1. The molecule has 0 aliphatic carbocycles. The van der Waals surface area contributed by atoms with E-state index in [0.29, 0.717) is 27.9 Å². The zero-order chi connectivity index (χ0) is 19.9. The van der Waals surface area contributed by atoms with Gasteiger partial charge in [0.1, 0.15) is 12.4 Å². The second kappa shape index (κ2) is 9.78. The number of aromatic amines is 1. The van der Waals surface area contributed by atoms with Crippen LogP contribution in [0.4, 0.5) is 5.69 Å². The quantitative estimate of drug-likeness (QED) is 0.492. The van der Waals surface area contributed by atoms with Crippen molar-refractivity contribution in [1.29, 1.82) is 0 Å². The molecular formula is C21H24ClN3O2S. The van der Waals surface area contributed by atoms with Crippen molar-refractivity contribution in [2.45, 2.75) is 13.8 Å². The van der Waals surface area contributed by atoms with Crippen molar-refractivity contribution in [3.63, 3.8) is 0 Å². The van der Waals surface area contributed by atoms with E-state index < -0.39 is 0 Å². The van der Waals surface area contributed by atoms with Gasteiger partial charge in [-0.05, 0) is 37.4 Å². The van der Waals surface area contributed by atoms with Crippen molar-refractivity contribution < 1.29 is 9.53 Å². The van der Waals surface area contributed by atoms with Crippen LogP contribution in [-0.2, 0) is 0 Å². The Morgan fingerprint density at radius 2 is 1.96 bits per heavy atom. The summed E-state index contributed by atoms with van der Waals surface area (Å²) < 4.78 is 6.62. The first kappa shape index (κ1) is 20.5. The van der Waals surface area contributed by atoms with E-state index in [9.17, 15) is 4.79 Å². The van der Waals surface area contributed by atoms with Gasteiger partial charge in [-0.2, -0.15) is 0 Å². The topological polar surface area (TPSA) is 57.4 Å². The minimum absolute atomic E-state index is 0.194. The zero-order valence-corrected chi connectivity index (χ0v) is 17.6. The van der Waals surface area contributed by atoms with Crippen LogP contribution in [0.15, 0.2) is 48.8 Å². The van der Waals surface area contributed by atoms with Gasteiger partial charge in [0.25, 0.3) is 5.91 Å². The van der Waals surface area contributed by atoms with Crippen LogP contribution in [0.25, 0.3) is 10.4 Å². The van der Waals surface area contributed by atoms with Gasteiger partial charge in [0.15, 0.2) is 0 Å². The van der Waals surface area contributed by atoms with Gasteiger partial charge < -0.3 is 19.9 Å². The van der Waals surface area contributed by atoms with E-state index in [-0.39, 0.29) is 5.91 Å². The maximum absolute atomic E-state index is 12.9. The van der Waals surface area contributed by atoms with Gasteiger partial charge in [0.05, 0.1) is 15.6 Å². The van der Waals surface area contributed by atoms with Crippen molar-refractivity contribution >= 4 is 34.5 Å². The molecule has 0 aliphatic heterocycles. The van der Waals surface area contributed by atoms with E-state index in [1.165, 1.54) is 11.3 Å². The Balaban J connectivity index is 1.71. The molecule has 0 atom stereocenters. The first-order valence-electron chi connectivity index (χ1n) is 9.30. The molecule has 148 valence electrons. The molecule has 3 rings (SSSR count). The van der Waals surface area contributed by atoms with Crippen molar-refractivity contribution in [1.82, 2.24) is 9.88 Å². The third-order valence-corrected chi connectivity index (χ3v) is 5.79. The molecule has 2 aromatic heterocycles. The number of carbonyl (C=O) groups is 1. The predicted octanol–water partition coefficient (Wildman–Crippen LogP) is 5.37. The molecule has 0 saturated heterocycles. The molecule has 1 amide bonds. The summed E-state index contributed by atoms with van der Waals surface area (Å²) >= 11 is 7.48. The molecule has 0 bridgehead atoms. The molecule has 0 aliphatic rings. The molecular weight excluding hydrogens is 394 g/mol. The van der Waals surface area contributed by atoms with E-state index in [1.54, 1.807) is 6.20 Å². The first-order valence-corrected chi connectivity index (χ1v) is 10.5. The molecule has 1 aromatic carbocycles. The van der Waals surface area contributed by atoms with E-state index in [1.807, 2.05) is 42.6 Å². The van der Waals surface area contributed by atoms with Gasteiger partial charge in [-0.15, -0.1) is 11.3 Å². The number of anilines is 1. The van der Waals surface area contributed by atoms with E-state index >= 15 is 0 Å². The number of rotatable bonds is 9. The Bertz CT molecular complexity index is 918. The Kier molecular flexibility index (Phi) is 7.14. The molecule has 0 fully saturated rings. The SMILES string of the molecule is CCN(CC)CCOc1ccccc1NC(=O)c1c[nH]cc1-c1ccc(Cl)s1. The second-order valence-electron chi connectivity index (χ2n) is 6.21. The zero-order valence-electron chi connectivity index (χ0n) is 16.0. The monoisotopic (exact) mass is 417 g/mol. The fourth-order valence-corrected chi connectivity index (χ4v) is 4.00. The maximum atomic E-state index is 12.9. The number of H-pyrrole nitrogens is 1. The minimum atomic E-state index is -0.194. The molecule has 5 nitrogen and oxygen atoms in total. The van der Waals surface area contributed by atoms with Gasteiger partial charge in [-0.1, -0.05) is 37.6 Å². The predicted molar refractivity (Wildman–Crippen MR) is 117 cm³/mol. The van der Waals surface area contributed by atoms with Crippen molar-refractivity contribution in [3.05, 3.63) is 58.7 Å². The number of nitrogens with zero attached hydrogens (tertiary/aromatic N) is 1. The molecule has 28 heavy (non-hydrogen) atoms. The van der Waals surface area contributed by atoms with Gasteiger partial charge in [0.2, 0.25) is 0 Å². The number of halogens is 1. The molecule has 0 saturated carbocycles. The number of aromatic nitrogens is 1. The highest BCUT2D eigenvalue weighted by molar-refractivity contribution is 7.19. The highest BCUT2D eigenvalue weighted by atomic mass is 35.5. The third kappa shape index (κ3) is 4.95. The Hall–Kier alpha value is -2.28. The lowest BCUT2D eigenvalue weighted by molar-refractivity contribution is 0.102. The molecule has 2 heterocycles. The highest BCUT2D eigenvalue weighted by Gasteiger charge is 2.17. The number of para-hydroxylation sites is 2. The number of ether oxygens (including phenoxy) is 1. The fraction of sp³-hybridized carbons (Fsp3) is 0.286. The van der Waals surface area contributed by atoms with Gasteiger partial charge in [-0.25, -0.2) is 0 Å². The van der Waals surface area contributed by atoms with Gasteiger partial charge in [0, 0.05) is 29.4 Å². The summed E-state index contributed by atoms with van der Waals surface area (Å²) in [7, 11) is 0. The summed E-state index contributed by atoms with van der Waals surface area (Å²) in [4.78, 5) is 19.1. The van der Waals surface area contributed by atoms with Crippen LogP contribution >= 0.6 is 22.9 Å². The van der Waals surface area contributed by atoms with Gasteiger partial charge >= 0.3 is 0 Å². The maximum Gasteiger partial charge on any atom is 0.257 e. The molecule has 3 aromatic rings. The van der Waals surface area contributed by atoms with Crippen LogP contribution in [0.2, 0.25) is 4.34 Å². The lowest BCUT2D eigenvalue weighted by Crippen LogP contribution is -2.28.